The van der Waals surface area contributed by atoms with Crippen LogP contribution in [0.1, 0.15) is 24.0 Å². The third-order valence-corrected chi connectivity index (χ3v) is 2.96. The third-order valence-electron chi connectivity index (χ3n) is 2.96. The normalized spacial score (nSPS) is 18.4. The molecule has 1 unspecified atom stereocenters. The Bertz CT molecular complexity index is 467. The van der Waals surface area contributed by atoms with Crippen LogP contribution >= 0.6 is 0 Å². The molecule has 2 rings (SSSR count). The maximum absolute atomic E-state index is 11.5. The molecule has 1 aromatic rings. The Kier molecular flexibility index (Phi) is 2.42. The summed E-state index contributed by atoms with van der Waals surface area (Å²) < 4.78 is 0. The predicted molar refractivity (Wildman–Crippen MR) is 59.6 cm³/mol. The van der Waals surface area contributed by atoms with Crippen molar-refractivity contribution in [1.29, 1.82) is 0 Å². The molecule has 1 aliphatic heterocycles. The van der Waals surface area contributed by atoms with Gasteiger partial charge in [-0.3, -0.25) is 9.59 Å². The van der Waals surface area contributed by atoms with Crippen molar-refractivity contribution in [3.8, 4) is 0 Å². The average Bonchev–Trinajstić information content (AvgIpc) is 2.58. The molecule has 0 saturated carbocycles. The van der Waals surface area contributed by atoms with Gasteiger partial charge in [-0.2, -0.15) is 0 Å². The van der Waals surface area contributed by atoms with Crippen molar-refractivity contribution in [3.63, 3.8) is 0 Å². The molecule has 4 heteroatoms. The van der Waals surface area contributed by atoms with Crippen LogP contribution in [0, 0.1) is 6.92 Å². The maximum atomic E-state index is 11.5. The summed E-state index contributed by atoms with van der Waals surface area (Å²) in [6.07, 6.45) is 0. The predicted octanol–water partition coefficient (Wildman–Crippen LogP) is 1.53. The number of benzene rings is 1. The van der Waals surface area contributed by atoms with Gasteiger partial charge in [-0.05, 0) is 18.1 Å². The van der Waals surface area contributed by atoms with E-state index in [0.717, 1.165) is 16.8 Å². The summed E-state index contributed by atoms with van der Waals surface area (Å²) in [5.74, 6) is -1.59. The van der Waals surface area contributed by atoms with Crippen LogP contribution in [0.15, 0.2) is 18.2 Å². The SMILES string of the molecule is CC(=O)N1CC(C(=O)O)c2cccc(C)c21. The first kappa shape index (κ1) is 10.7. The highest BCUT2D eigenvalue weighted by molar-refractivity contribution is 5.98. The molecule has 84 valence electrons. The number of aliphatic carboxylic acids is 1. The first-order valence-corrected chi connectivity index (χ1v) is 5.12. The number of anilines is 1. The number of carbonyl (C=O) groups is 2. The Morgan fingerprint density at radius 1 is 1.44 bits per heavy atom. The van der Waals surface area contributed by atoms with E-state index < -0.39 is 11.9 Å². The monoisotopic (exact) mass is 219 g/mol. The number of hydrogen-bond donors (Lipinski definition) is 1. The number of nitrogens with zero attached hydrogens (tertiary/aromatic N) is 1. The van der Waals surface area contributed by atoms with Crippen molar-refractivity contribution in [1.82, 2.24) is 0 Å². The van der Waals surface area contributed by atoms with Gasteiger partial charge in [-0.1, -0.05) is 18.2 Å². The van der Waals surface area contributed by atoms with Gasteiger partial charge in [0.1, 0.15) is 5.92 Å². The van der Waals surface area contributed by atoms with E-state index in [1.807, 2.05) is 19.1 Å². The van der Waals surface area contributed by atoms with Crippen LogP contribution in [-0.4, -0.2) is 23.5 Å². The van der Waals surface area contributed by atoms with Crippen molar-refractivity contribution in [2.75, 3.05) is 11.4 Å². The summed E-state index contributed by atoms with van der Waals surface area (Å²) in [5, 5.41) is 9.11. The molecule has 16 heavy (non-hydrogen) atoms. The zero-order valence-electron chi connectivity index (χ0n) is 9.23. The Morgan fingerprint density at radius 3 is 2.69 bits per heavy atom. The van der Waals surface area contributed by atoms with Crippen LogP contribution < -0.4 is 4.90 Å². The lowest BCUT2D eigenvalue weighted by Gasteiger charge is -2.16. The summed E-state index contributed by atoms with van der Waals surface area (Å²) in [7, 11) is 0. The Labute approximate surface area is 93.5 Å². The number of rotatable bonds is 1. The summed E-state index contributed by atoms with van der Waals surface area (Å²) in [6.45, 7) is 3.59. The van der Waals surface area contributed by atoms with Crippen molar-refractivity contribution in [2.45, 2.75) is 19.8 Å². The highest BCUT2D eigenvalue weighted by Crippen LogP contribution is 2.38. The molecule has 0 saturated heterocycles. The van der Waals surface area contributed by atoms with E-state index in [-0.39, 0.29) is 12.5 Å². The number of aryl methyl sites for hydroxylation is 1. The fraction of sp³-hybridized carbons (Fsp3) is 0.333. The lowest BCUT2D eigenvalue weighted by atomic mass is 10.00. The van der Waals surface area contributed by atoms with Gasteiger partial charge in [0.25, 0.3) is 0 Å². The van der Waals surface area contributed by atoms with Crippen molar-refractivity contribution in [3.05, 3.63) is 29.3 Å². The first-order chi connectivity index (χ1) is 7.52. The molecule has 1 atom stereocenters. The fourth-order valence-corrected chi connectivity index (χ4v) is 2.20. The second-order valence-electron chi connectivity index (χ2n) is 4.03. The Morgan fingerprint density at radius 2 is 2.12 bits per heavy atom. The average molecular weight is 219 g/mol. The third kappa shape index (κ3) is 1.46. The van der Waals surface area contributed by atoms with E-state index in [2.05, 4.69) is 0 Å². The van der Waals surface area contributed by atoms with Crippen molar-refractivity contribution in [2.24, 2.45) is 0 Å². The summed E-state index contributed by atoms with van der Waals surface area (Å²) in [4.78, 5) is 24.1. The number of carboxylic acids is 1. The first-order valence-electron chi connectivity index (χ1n) is 5.12. The zero-order valence-corrected chi connectivity index (χ0v) is 9.23. The van der Waals surface area contributed by atoms with Gasteiger partial charge < -0.3 is 10.0 Å². The molecule has 0 bridgehead atoms. The number of amides is 1. The number of carbonyl (C=O) groups excluding carboxylic acids is 1. The lowest BCUT2D eigenvalue weighted by molar-refractivity contribution is -0.138. The van der Waals surface area contributed by atoms with Crippen molar-refractivity contribution >= 4 is 17.6 Å². The van der Waals surface area contributed by atoms with Crippen LogP contribution in [0.25, 0.3) is 0 Å². The van der Waals surface area contributed by atoms with Crippen LogP contribution in [0.5, 0.6) is 0 Å². The number of fused-ring (bicyclic) bond motifs is 1. The minimum atomic E-state index is -0.879. The minimum Gasteiger partial charge on any atom is -0.481 e. The number of para-hydroxylation sites is 1. The van der Waals surface area contributed by atoms with Gasteiger partial charge in [0.2, 0.25) is 5.91 Å². The van der Waals surface area contributed by atoms with E-state index >= 15 is 0 Å². The molecule has 1 N–H and O–H groups in total. The highest BCUT2D eigenvalue weighted by atomic mass is 16.4. The van der Waals surface area contributed by atoms with E-state index in [1.54, 1.807) is 11.0 Å². The second kappa shape index (κ2) is 3.63. The van der Waals surface area contributed by atoms with Gasteiger partial charge >= 0.3 is 5.97 Å². The molecular formula is C12H13NO3. The minimum absolute atomic E-state index is 0.112. The molecular weight excluding hydrogens is 206 g/mol. The second-order valence-corrected chi connectivity index (χ2v) is 4.03. The maximum Gasteiger partial charge on any atom is 0.312 e. The van der Waals surface area contributed by atoms with Crippen LogP contribution in [-0.2, 0) is 9.59 Å². The van der Waals surface area contributed by atoms with Gasteiger partial charge in [0, 0.05) is 13.5 Å². The largest absolute Gasteiger partial charge is 0.481 e. The van der Waals surface area contributed by atoms with Crippen LogP contribution in [0.4, 0.5) is 5.69 Å². The smallest absolute Gasteiger partial charge is 0.312 e. The molecule has 1 amide bonds. The molecule has 1 aliphatic rings. The summed E-state index contributed by atoms with van der Waals surface area (Å²) in [5.41, 5.74) is 2.45. The van der Waals surface area contributed by atoms with E-state index in [9.17, 15) is 9.59 Å². The molecule has 0 aromatic heterocycles. The van der Waals surface area contributed by atoms with Crippen molar-refractivity contribution < 1.29 is 14.7 Å². The zero-order chi connectivity index (χ0) is 11.9. The number of carboxylic acid groups (broad SMARTS) is 1. The molecule has 1 heterocycles. The highest BCUT2D eigenvalue weighted by Gasteiger charge is 2.36. The van der Waals surface area contributed by atoms with Crippen LogP contribution in [0.3, 0.4) is 0 Å². The molecule has 0 spiro atoms. The van der Waals surface area contributed by atoms with E-state index in [1.165, 1.54) is 6.92 Å². The summed E-state index contributed by atoms with van der Waals surface area (Å²) in [6, 6.07) is 5.50. The van der Waals surface area contributed by atoms with Gasteiger partial charge in [0.15, 0.2) is 0 Å². The standard InChI is InChI=1S/C12H13NO3/c1-7-4-3-5-9-10(12(15)16)6-13(8(2)14)11(7)9/h3-5,10H,6H2,1-2H3,(H,15,16). The lowest BCUT2D eigenvalue weighted by Crippen LogP contribution is -2.29. The molecule has 0 fully saturated rings. The van der Waals surface area contributed by atoms with E-state index in [4.69, 9.17) is 5.11 Å². The Hall–Kier alpha value is -1.84. The molecule has 4 nitrogen and oxygen atoms in total. The molecule has 0 aliphatic carbocycles. The van der Waals surface area contributed by atoms with Gasteiger partial charge in [-0.15, -0.1) is 0 Å². The molecule has 1 aromatic carbocycles. The quantitative estimate of drug-likeness (QED) is 0.779. The van der Waals surface area contributed by atoms with Gasteiger partial charge in [0.05, 0.1) is 5.69 Å². The van der Waals surface area contributed by atoms with Gasteiger partial charge in [-0.25, -0.2) is 0 Å². The van der Waals surface area contributed by atoms with Crippen LogP contribution in [0.2, 0.25) is 0 Å². The summed E-state index contributed by atoms with van der Waals surface area (Å²) >= 11 is 0. The topological polar surface area (TPSA) is 57.6 Å². The Balaban J connectivity index is 2.57. The van der Waals surface area contributed by atoms with E-state index in [0.29, 0.717) is 0 Å². The fourth-order valence-electron chi connectivity index (χ4n) is 2.20. The molecule has 0 radical (unpaired) electrons. The number of hydrogen-bond acceptors (Lipinski definition) is 2.